The number of nitrogens with zero attached hydrogens (tertiary/aromatic N) is 1. The van der Waals surface area contributed by atoms with Crippen molar-refractivity contribution in [3.63, 3.8) is 0 Å². The molecule has 0 unspecified atom stereocenters. The Morgan fingerprint density at radius 1 is 0.724 bits per heavy atom. The lowest BCUT2D eigenvalue weighted by Crippen LogP contribution is -2.40. The summed E-state index contributed by atoms with van der Waals surface area (Å²) in [4.78, 5) is 2.00. The summed E-state index contributed by atoms with van der Waals surface area (Å²) < 4.78 is 69.0. The minimum Gasteiger partial charge on any atom is -0.369 e. The number of anilines is 1. The fourth-order valence-corrected chi connectivity index (χ4v) is 6.93. The first-order valence-electron chi connectivity index (χ1n) is 8.84. The Morgan fingerprint density at radius 3 is 1.59 bits per heavy atom. The molecule has 0 aromatic heterocycles. The SMILES string of the molecule is C=C1CCS(=O)(=O)CCC(=C)S1(=O)=O.O=S1(=O)CCN(c2ccc(Br)cc2)CC1. The topological polar surface area (TPSA) is 106 Å². The third-order valence-corrected chi connectivity index (χ3v) is 10.4. The minimum atomic E-state index is -3.50. The fourth-order valence-electron chi connectivity index (χ4n) is 2.74. The van der Waals surface area contributed by atoms with Crippen LogP contribution < -0.4 is 4.90 Å². The van der Waals surface area contributed by atoms with Gasteiger partial charge >= 0.3 is 0 Å². The van der Waals surface area contributed by atoms with Crippen LogP contribution in [-0.4, -0.2) is 61.4 Å². The molecule has 7 nitrogen and oxygen atoms in total. The quantitative estimate of drug-likeness (QED) is 0.553. The van der Waals surface area contributed by atoms with E-state index in [4.69, 9.17) is 0 Å². The van der Waals surface area contributed by atoms with Gasteiger partial charge in [0.1, 0.15) is 0 Å². The third-order valence-electron chi connectivity index (χ3n) is 4.68. The second-order valence-corrected chi connectivity index (χ2v) is 14.5. The maximum atomic E-state index is 11.5. The average Bonchev–Trinajstić information content (AvgIpc) is 2.65. The zero-order valence-corrected chi connectivity index (χ0v) is 19.9. The molecule has 2 saturated heterocycles. The van der Waals surface area contributed by atoms with Crippen molar-refractivity contribution < 1.29 is 25.3 Å². The van der Waals surface area contributed by atoms with Crippen LogP contribution in [0.25, 0.3) is 0 Å². The number of hydrogen-bond donors (Lipinski definition) is 0. The van der Waals surface area contributed by atoms with Crippen LogP contribution in [0, 0.1) is 0 Å². The van der Waals surface area contributed by atoms with Gasteiger partial charge in [0.25, 0.3) is 0 Å². The molecular formula is C18H24BrNO6S3. The number of allylic oxidation sites excluding steroid dienone is 2. The Bertz CT molecular complexity index is 1040. The fraction of sp³-hybridized carbons (Fsp3) is 0.444. The molecular weight excluding hydrogens is 502 g/mol. The molecule has 2 fully saturated rings. The van der Waals surface area contributed by atoms with Crippen LogP contribution in [0.4, 0.5) is 5.69 Å². The minimum absolute atomic E-state index is 0.0241. The van der Waals surface area contributed by atoms with Crippen molar-refractivity contribution in [3.8, 4) is 0 Å². The molecule has 3 rings (SSSR count). The first-order chi connectivity index (χ1) is 13.3. The summed E-state index contributed by atoms with van der Waals surface area (Å²) >= 11 is 3.37. The van der Waals surface area contributed by atoms with E-state index in [-0.39, 0.29) is 45.7 Å². The Hall–Kier alpha value is -1.17. The number of rotatable bonds is 1. The lowest BCUT2D eigenvalue weighted by atomic mass is 10.3. The van der Waals surface area contributed by atoms with E-state index in [0.717, 1.165) is 10.2 Å². The van der Waals surface area contributed by atoms with E-state index < -0.39 is 29.5 Å². The van der Waals surface area contributed by atoms with Gasteiger partial charge < -0.3 is 4.90 Å². The first kappa shape index (κ1) is 24.1. The summed E-state index contributed by atoms with van der Waals surface area (Å²) in [5, 5.41) is 0. The van der Waals surface area contributed by atoms with Crippen LogP contribution >= 0.6 is 15.9 Å². The number of halogens is 1. The molecule has 2 aliphatic heterocycles. The molecule has 0 aliphatic carbocycles. The van der Waals surface area contributed by atoms with Gasteiger partial charge in [0.15, 0.2) is 29.5 Å². The Morgan fingerprint density at radius 2 is 1.14 bits per heavy atom. The van der Waals surface area contributed by atoms with Crippen molar-refractivity contribution in [2.75, 3.05) is 41.0 Å². The molecule has 0 bridgehead atoms. The van der Waals surface area contributed by atoms with Crippen LogP contribution in [0.15, 0.2) is 51.7 Å². The van der Waals surface area contributed by atoms with E-state index in [1.807, 2.05) is 24.3 Å². The lowest BCUT2D eigenvalue weighted by molar-refractivity contribution is 0.586. The van der Waals surface area contributed by atoms with Crippen molar-refractivity contribution in [1.82, 2.24) is 0 Å². The van der Waals surface area contributed by atoms with Gasteiger partial charge in [-0.2, -0.15) is 0 Å². The van der Waals surface area contributed by atoms with E-state index in [1.54, 1.807) is 0 Å². The summed E-state index contributed by atoms with van der Waals surface area (Å²) in [7, 11) is -9.43. The van der Waals surface area contributed by atoms with E-state index >= 15 is 0 Å². The van der Waals surface area contributed by atoms with Crippen molar-refractivity contribution in [1.29, 1.82) is 0 Å². The smallest absolute Gasteiger partial charge is 0.197 e. The highest BCUT2D eigenvalue weighted by molar-refractivity contribution is 9.10. The molecule has 0 saturated carbocycles. The van der Waals surface area contributed by atoms with Crippen molar-refractivity contribution in [2.45, 2.75) is 12.8 Å². The number of sulfone groups is 3. The van der Waals surface area contributed by atoms with Gasteiger partial charge in [-0.15, -0.1) is 0 Å². The summed E-state index contributed by atoms with van der Waals surface area (Å²) in [6.45, 7) is 7.94. The second kappa shape index (κ2) is 9.32. The largest absolute Gasteiger partial charge is 0.369 e. The van der Waals surface area contributed by atoms with Gasteiger partial charge in [0.05, 0.1) is 23.0 Å². The van der Waals surface area contributed by atoms with E-state index in [1.165, 1.54) is 0 Å². The maximum absolute atomic E-state index is 11.5. The summed E-state index contributed by atoms with van der Waals surface area (Å²) in [5.74, 6) is 0.253. The van der Waals surface area contributed by atoms with Gasteiger partial charge in [-0.3, -0.25) is 0 Å². The van der Waals surface area contributed by atoms with Crippen molar-refractivity contribution in [3.05, 3.63) is 51.7 Å². The Balaban J connectivity index is 0.000000208. The van der Waals surface area contributed by atoms with Crippen LogP contribution in [0.5, 0.6) is 0 Å². The van der Waals surface area contributed by atoms with Crippen molar-refractivity contribution >= 4 is 51.1 Å². The maximum Gasteiger partial charge on any atom is 0.197 e. The predicted octanol–water partition coefficient (Wildman–Crippen LogP) is 2.32. The molecule has 0 spiro atoms. The van der Waals surface area contributed by atoms with Crippen molar-refractivity contribution in [2.24, 2.45) is 0 Å². The van der Waals surface area contributed by atoms with Gasteiger partial charge in [0.2, 0.25) is 0 Å². The molecule has 1 aromatic carbocycles. The van der Waals surface area contributed by atoms with Gasteiger partial charge in [-0.1, -0.05) is 29.1 Å². The van der Waals surface area contributed by atoms with Crippen LogP contribution in [-0.2, 0) is 29.5 Å². The zero-order valence-electron chi connectivity index (χ0n) is 15.9. The zero-order chi connectivity index (χ0) is 21.9. The highest BCUT2D eigenvalue weighted by Gasteiger charge is 2.26. The van der Waals surface area contributed by atoms with E-state index in [2.05, 4.69) is 34.0 Å². The summed E-state index contributed by atoms with van der Waals surface area (Å²) in [6, 6.07) is 7.95. The second-order valence-electron chi connectivity index (χ2n) is 6.85. The summed E-state index contributed by atoms with van der Waals surface area (Å²) in [5.41, 5.74) is 1.09. The molecule has 162 valence electrons. The third kappa shape index (κ3) is 6.94. The van der Waals surface area contributed by atoms with E-state index in [9.17, 15) is 25.3 Å². The highest BCUT2D eigenvalue weighted by atomic mass is 79.9. The molecule has 11 heteroatoms. The standard InChI is InChI=1S/C10H12BrNO2S.C8H12O4S2/c11-9-1-3-10(4-2-9)12-5-7-15(13,14)8-6-12;1-7-3-5-13(9,10)6-4-8(2)14(7,11)12/h1-4H,5-8H2;1-6H2. The van der Waals surface area contributed by atoms with Crippen LogP contribution in [0.3, 0.4) is 0 Å². The molecule has 0 radical (unpaired) electrons. The molecule has 0 amide bonds. The normalized spacial score (nSPS) is 23.3. The van der Waals surface area contributed by atoms with Crippen LogP contribution in [0.2, 0.25) is 0 Å². The first-order valence-corrected chi connectivity index (χ1v) is 14.8. The van der Waals surface area contributed by atoms with Gasteiger partial charge in [-0.25, -0.2) is 25.3 Å². The van der Waals surface area contributed by atoms with Gasteiger partial charge in [-0.05, 0) is 37.1 Å². The van der Waals surface area contributed by atoms with E-state index in [0.29, 0.717) is 13.1 Å². The molecule has 0 atom stereocenters. The van der Waals surface area contributed by atoms with Gasteiger partial charge in [0, 0.05) is 33.1 Å². The molecule has 2 heterocycles. The molecule has 0 N–H and O–H groups in total. The number of hydrogen-bond acceptors (Lipinski definition) is 7. The summed E-state index contributed by atoms with van der Waals surface area (Å²) in [6.07, 6.45) is -0.0482. The van der Waals surface area contributed by atoms with Crippen LogP contribution in [0.1, 0.15) is 12.8 Å². The highest BCUT2D eigenvalue weighted by Crippen LogP contribution is 2.24. The number of benzene rings is 1. The molecule has 1 aromatic rings. The average molecular weight is 526 g/mol. The monoisotopic (exact) mass is 525 g/mol. The predicted molar refractivity (Wildman–Crippen MR) is 120 cm³/mol. The molecule has 2 aliphatic rings. The molecule has 29 heavy (non-hydrogen) atoms. The lowest BCUT2D eigenvalue weighted by Gasteiger charge is -2.28. The Labute approximate surface area is 181 Å². The Kier molecular flexibility index (Phi) is 7.74.